The second-order valence-corrected chi connectivity index (χ2v) is 5.73. The fourth-order valence-electron chi connectivity index (χ4n) is 2.73. The van der Waals surface area contributed by atoms with E-state index in [1.807, 2.05) is 0 Å². The lowest BCUT2D eigenvalue weighted by Crippen LogP contribution is -2.19. The van der Waals surface area contributed by atoms with E-state index in [0.717, 1.165) is 0 Å². The van der Waals surface area contributed by atoms with Gasteiger partial charge in [0.15, 0.2) is 17.2 Å². The predicted molar refractivity (Wildman–Crippen MR) is 94.4 cm³/mol. The zero-order valence-electron chi connectivity index (χ0n) is 14.7. The fraction of sp³-hybridized carbons (Fsp3) is 0.150. The van der Waals surface area contributed by atoms with E-state index in [0.29, 0.717) is 4.68 Å². The number of esters is 1. The minimum atomic E-state index is -4.94. The van der Waals surface area contributed by atoms with Gasteiger partial charge in [0, 0.05) is 5.56 Å². The Bertz CT molecular complexity index is 997. The quantitative estimate of drug-likeness (QED) is 0.483. The summed E-state index contributed by atoms with van der Waals surface area (Å²) in [5.74, 6) is -2.06. The Morgan fingerprint density at radius 2 is 1.57 bits per heavy atom. The molecule has 0 bridgehead atoms. The number of hydrogen-bond acceptors (Lipinski definition) is 4. The number of para-hydroxylation sites is 1. The van der Waals surface area contributed by atoms with E-state index in [9.17, 15) is 22.8 Å². The number of carbonyl (C=O) groups excluding carboxylic acids is 2. The molecule has 1 aromatic heterocycles. The van der Waals surface area contributed by atoms with Gasteiger partial charge in [-0.3, -0.25) is 4.79 Å². The summed E-state index contributed by atoms with van der Waals surface area (Å²) in [6.45, 7) is 1.44. The lowest BCUT2D eigenvalue weighted by Gasteiger charge is -2.12. The number of ether oxygens (including phenoxy) is 1. The maximum absolute atomic E-state index is 14.0. The first kappa shape index (κ1) is 19.3. The Hall–Kier alpha value is -3.42. The highest BCUT2D eigenvalue weighted by molar-refractivity contribution is 6.14. The Morgan fingerprint density at radius 1 is 1.00 bits per heavy atom. The van der Waals surface area contributed by atoms with Crippen LogP contribution in [0.2, 0.25) is 0 Å². The Morgan fingerprint density at radius 3 is 2.11 bits per heavy atom. The zero-order valence-corrected chi connectivity index (χ0v) is 14.7. The van der Waals surface area contributed by atoms with Gasteiger partial charge in [-0.05, 0) is 19.1 Å². The normalized spacial score (nSPS) is 11.3. The molecular formula is C20H15F3N2O3. The van der Waals surface area contributed by atoms with Crippen LogP contribution in [0.5, 0.6) is 0 Å². The molecular weight excluding hydrogens is 373 g/mol. The van der Waals surface area contributed by atoms with Crippen LogP contribution in [0.4, 0.5) is 13.2 Å². The number of nitrogens with zero attached hydrogens (tertiary/aromatic N) is 2. The minimum absolute atomic E-state index is 0.00570. The number of carbonyl (C=O) groups is 2. The average Bonchev–Trinajstić information content (AvgIpc) is 3.10. The van der Waals surface area contributed by atoms with Crippen LogP contribution in [0.25, 0.3) is 5.69 Å². The second-order valence-electron chi connectivity index (χ2n) is 5.73. The summed E-state index contributed by atoms with van der Waals surface area (Å²) in [4.78, 5) is 25.2. The van der Waals surface area contributed by atoms with Gasteiger partial charge < -0.3 is 4.74 Å². The molecule has 0 N–H and O–H groups in total. The van der Waals surface area contributed by atoms with E-state index >= 15 is 0 Å². The summed E-state index contributed by atoms with van der Waals surface area (Å²) in [5.41, 5.74) is -2.76. The molecule has 8 heteroatoms. The molecule has 0 saturated heterocycles. The summed E-state index contributed by atoms with van der Waals surface area (Å²) < 4.78 is 47.3. The van der Waals surface area contributed by atoms with Crippen molar-refractivity contribution in [2.45, 2.75) is 13.1 Å². The van der Waals surface area contributed by atoms with E-state index in [4.69, 9.17) is 4.74 Å². The Balaban J connectivity index is 2.32. The number of aromatic nitrogens is 2. The lowest BCUT2D eigenvalue weighted by atomic mass is 10.0. The molecule has 0 saturated carbocycles. The van der Waals surface area contributed by atoms with Crippen molar-refractivity contribution in [2.75, 3.05) is 6.61 Å². The van der Waals surface area contributed by atoms with Crippen LogP contribution in [0.1, 0.15) is 39.0 Å². The van der Waals surface area contributed by atoms with Crippen LogP contribution in [0, 0.1) is 0 Å². The highest BCUT2D eigenvalue weighted by Gasteiger charge is 2.44. The largest absolute Gasteiger partial charge is 0.461 e. The Kier molecular flexibility index (Phi) is 5.30. The minimum Gasteiger partial charge on any atom is -0.461 e. The standard InChI is InChI=1S/C20H15F3N2O3/c1-2-28-19(27)16-15(17(26)13-9-5-3-6-10-13)18(20(21,22)23)25(24-16)14-11-7-4-8-12-14/h3-12H,2H2,1H3. The predicted octanol–water partition coefficient (Wildman–Crippen LogP) is 4.30. The summed E-state index contributed by atoms with van der Waals surface area (Å²) in [7, 11) is 0. The first-order chi connectivity index (χ1) is 13.3. The molecule has 0 spiro atoms. The van der Waals surface area contributed by atoms with Crippen molar-refractivity contribution in [2.24, 2.45) is 0 Å². The molecule has 5 nitrogen and oxygen atoms in total. The van der Waals surface area contributed by atoms with Crippen molar-refractivity contribution in [1.29, 1.82) is 0 Å². The topological polar surface area (TPSA) is 61.2 Å². The molecule has 0 aliphatic rings. The van der Waals surface area contributed by atoms with Crippen molar-refractivity contribution in [3.63, 3.8) is 0 Å². The first-order valence-corrected chi connectivity index (χ1v) is 8.37. The van der Waals surface area contributed by atoms with Crippen LogP contribution in [0.15, 0.2) is 60.7 Å². The maximum atomic E-state index is 14.0. The number of alkyl halides is 3. The van der Waals surface area contributed by atoms with Crippen molar-refractivity contribution >= 4 is 11.8 Å². The van der Waals surface area contributed by atoms with Gasteiger partial charge in [0.25, 0.3) is 0 Å². The molecule has 28 heavy (non-hydrogen) atoms. The van der Waals surface area contributed by atoms with Crippen LogP contribution in [0.3, 0.4) is 0 Å². The van der Waals surface area contributed by atoms with Crippen molar-refractivity contribution in [3.05, 3.63) is 83.2 Å². The number of ketones is 1. The Labute approximate surface area is 158 Å². The van der Waals surface area contributed by atoms with Gasteiger partial charge in [-0.25, -0.2) is 9.48 Å². The highest BCUT2D eigenvalue weighted by atomic mass is 19.4. The zero-order chi connectivity index (χ0) is 20.3. The molecule has 3 aromatic rings. The molecule has 144 valence electrons. The van der Waals surface area contributed by atoms with E-state index in [1.165, 1.54) is 55.5 Å². The first-order valence-electron chi connectivity index (χ1n) is 8.37. The smallest absolute Gasteiger partial charge is 0.434 e. The van der Waals surface area contributed by atoms with Gasteiger partial charge >= 0.3 is 12.1 Å². The fourth-order valence-corrected chi connectivity index (χ4v) is 2.73. The summed E-state index contributed by atoms with van der Waals surface area (Å²) >= 11 is 0. The van der Waals surface area contributed by atoms with Gasteiger partial charge in [0.05, 0.1) is 17.9 Å². The van der Waals surface area contributed by atoms with Crippen molar-refractivity contribution in [3.8, 4) is 5.69 Å². The molecule has 0 atom stereocenters. The van der Waals surface area contributed by atoms with Gasteiger partial charge in [-0.1, -0.05) is 48.5 Å². The SMILES string of the molecule is CCOC(=O)c1nn(-c2ccccc2)c(C(F)(F)F)c1C(=O)c1ccccc1. The number of benzene rings is 2. The number of halogens is 3. The maximum Gasteiger partial charge on any atom is 0.434 e. The molecule has 2 aromatic carbocycles. The molecule has 0 unspecified atom stereocenters. The van der Waals surface area contributed by atoms with Crippen molar-refractivity contribution < 1.29 is 27.5 Å². The second kappa shape index (κ2) is 7.67. The number of rotatable bonds is 5. The van der Waals surface area contributed by atoms with Gasteiger partial charge in [0.2, 0.25) is 0 Å². The molecule has 3 rings (SSSR count). The summed E-state index contributed by atoms with van der Waals surface area (Å²) in [5, 5.41) is 3.81. The molecule has 0 radical (unpaired) electrons. The third-order valence-electron chi connectivity index (χ3n) is 3.89. The molecule has 0 fully saturated rings. The van der Waals surface area contributed by atoms with Crippen molar-refractivity contribution in [1.82, 2.24) is 9.78 Å². The van der Waals surface area contributed by atoms with Gasteiger partial charge in [-0.15, -0.1) is 0 Å². The van der Waals surface area contributed by atoms with Crippen LogP contribution >= 0.6 is 0 Å². The van der Waals surface area contributed by atoms with Gasteiger partial charge in [-0.2, -0.15) is 18.3 Å². The van der Waals surface area contributed by atoms with E-state index in [1.54, 1.807) is 12.1 Å². The summed E-state index contributed by atoms with van der Waals surface area (Å²) in [6.07, 6.45) is -4.94. The van der Waals surface area contributed by atoms with E-state index < -0.39 is 34.9 Å². The molecule has 0 aliphatic heterocycles. The summed E-state index contributed by atoms with van der Waals surface area (Å²) in [6, 6.07) is 14.9. The van der Waals surface area contributed by atoms with Crippen LogP contribution in [-0.4, -0.2) is 28.1 Å². The van der Waals surface area contributed by atoms with E-state index in [-0.39, 0.29) is 17.9 Å². The number of hydrogen-bond donors (Lipinski definition) is 0. The molecule has 1 heterocycles. The monoisotopic (exact) mass is 388 g/mol. The van der Waals surface area contributed by atoms with E-state index in [2.05, 4.69) is 5.10 Å². The van der Waals surface area contributed by atoms with Crippen LogP contribution in [-0.2, 0) is 10.9 Å². The lowest BCUT2D eigenvalue weighted by molar-refractivity contribution is -0.143. The van der Waals surface area contributed by atoms with Gasteiger partial charge in [0.1, 0.15) is 0 Å². The average molecular weight is 388 g/mol. The highest BCUT2D eigenvalue weighted by Crippen LogP contribution is 2.36. The molecule has 0 amide bonds. The van der Waals surface area contributed by atoms with Crippen LogP contribution < -0.4 is 0 Å². The third-order valence-corrected chi connectivity index (χ3v) is 3.89. The molecule has 0 aliphatic carbocycles. The third kappa shape index (κ3) is 3.66.